The minimum atomic E-state index is -3.58. The van der Waals surface area contributed by atoms with Crippen LogP contribution in [-0.2, 0) is 23.0 Å². The maximum atomic E-state index is 12.9. The Hall–Kier alpha value is -1.76. The van der Waals surface area contributed by atoms with Crippen LogP contribution in [0.15, 0.2) is 41.3 Å². The van der Waals surface area contributed by atoms with Gasteiger partial charge in [0.2, 0.25) is 10.0 Å². The Labute approximate surface area is 152 Å². The van der Waals surface area contributed by atoms with Crippen molar-refractivity contribution in [3.8, 4) is 11.5 Å². The van der Waals surface area contributed by atoms with Crippen LogP contribution in [0.25, 0.3) is 0 Å². The Balaban J connectivity index is 1.65. The molecule has 4 rings (SSSR count). The Kier molecular flexibility index (Phi) is 4.35. The molecule has 0 unspecified atom stereocenters. The lowest BCUT2D eigenvalue weighted by atomic mass is 10.0. The highest BCUT2D eigenvalue weighted by Crippen LogP contribution is 2.36. The van der Waals surface area contributed by atoms with Gasteiger partial charge in [0.1, 0.15) is 0 Å². The molecule has 0 radical (unpaired) electrons. The smallest absolute Gasteiger partial charge is 0.243 e. The first-order valence-electron chi connectivity index (χ1n) is 8.21. The van der Waals surface area contributed by atoms with Crippen LogP contribution >= 0.6 is 11.6 Å². The molecule has 5 nitrogen and oxygen atoms in total. The highest BCUT2D eigenvalue weighted by Gasteiger charge is 2.29. The summed E-state index contributed by atoms with van der Waals surface area (Å²) in [5.41, 5.74) is 2.07. The van der Waals surface area contributed by atoms with Crippen LogP contribution in [0.1, 0.15) is 17.5 Å². The van der Waals surface area contributed by atoms with Crippen LogP contribution in [0.4, 0.5) is 0 Å². The van der Waals surface area contributed by atoms with Gasteiger partial charge in [-0.2, -0.15) is 4.31 Å². The standard InChI is InChI=1S/C18H18ClNO4S/c19-15-3-1-4-16(11-15)25(21,22)20-6-5-13-9-17-18(10-14(13)12-20)24-8-2-7-23-17/h1,3-4,9-11H,2,5-8,12H2. The van der Waals surface area contributed by atoms with Crippen molar-refractivity contribution >= 4 is 21.6 Å². The minimum Gasteiger partial charge on any atom is -0.490 e. The summed E-state index contributed by atoms with van der Waals surface area (Å²) in [5.74, 6) is 1.45. The molecule has 2 aromatic rings. The van der Waals surface area contributed by atoms with E-state index in [-0.39, 0.29) is 4.90 Å². The fraction of sp³-hybridized carbons (Fsp3) is 0.333. The molecule has 0 N–H and O–H groups in total. The summed E-state index contributed by atoms with van der Waals surface area (Å²) in [6.45, 7) is 2.00. The molecule has 0 saturated carbocycles. The monoisotopic (exact) mass is 379 g/mol. The normalized spacial score (nSPS) is 17.6. The predicted molar refractivity (Wildman–Crippen MR) is 94.8 cm³/mol. The molecular weight excluding hydrogens is 362 g/mol. The number of rotatable bonds is 2. The third kappa shape index (κ3) is 3.21. The van der Waals surface area contributed by atoms with Crippen molar-refractivity contribution in [2.75, 3.05) is 19.8 Å². The Morgan fingerprint density at radius 3 is 2.44 bits per heavy atom. The average molecular weight is 380 g/mol. The maximum absolute atomic E-state index is 12.9. The maximum Gasteiger partial charge on any atom is 0.243 e. The first-order chi connectivity index (χ1) is 12.0. The second-order valence-electron chi connectivity index (χ2n) is 6.16. The highest BCUT2D eigenvalue weighted by atomic mass is 35.5. The summed E-state index contributed by atoms with van der Waals surface area (Å²) in [5, 5.41) is 0.411. The van der Waals surface area contributed by atoms with Crippen LogP contribution in [-0.4, -0.2) is 32.5 Å². The third-order valence-corrected chi connectivity index (χ3v) is 6.56. The largest absolute Gasteiger partial charge is 0.490 e. The van der Waals surface area contributed by atoms with Gasteiger partial charge < -0.3 is 9.47 Å². The summed E-state index contributed by atoms with van der Waals surface area (Å²) in [6.07, 6.45) is 1.49. The lowest BCUT2D eigenvalue weighted by molar-refractivity contribution is 0.297. The number of hydrogen-bond acceptors (Lipinski definition) is 4. The molecule has 2 aliphatic rings. The number of fused-ring (bicyclic) bond motifs is 2. The molecule has 2 aliphatic heterocycles. The number of sulfonamides is 1. The lowest BCUT2D eigenvalue weighted by Gasteiger charge is -2.29. The molecule has 0 aliphatic carbocycles. The van der Waals surface area contributed by atoms with Gasteiger partial charge in [-0.1, -0.05) is 17.7 Å². The van der Waals surface area contributed by atoms with Crippen molar-refractivity contribution in [2.24, 2.45) is 0 Å². The van der Waals surface area contributed by atoms with Gasteiger partial charge >= 0.3 is 0 Å². The molecule has 0 aromatic heterocycles. The first-order valence-corrected chi connectivity index (χ1v) is 10.0. The molecule has 25 heavy (non-hydrogen) atoms. The summed E-state index contributed by atoms with van der Waals surface area (Å²) < 4.78 is 38.7. The van der Waals surface area contributed by atoms with E-state index in [9.17, 15) is 8.42 Å². The van der Waals surface area contributed by atoms with Gasteiger partial charge in [0.05, 0.1) is 18.1 Å². The molecule has 2 aromatic carbocycles. The fourth-order valence-electron chi connectivity index (χ4n) is 3.17. The molecule has 0 bridgehead atoms. The van der Waals surface area contributed by atoms with Gasteiger partial charge in [-0.3, -0.25) is 0 Å². The van der Waals surface area contributed by atoms with E-state index in [1.54, 1.807) is 18.2 Å². The number of benzene rings is 2. The fourth-order valence-corrected chi connectivity index (χ4v) is 4.89. The molecular formula is C18H18ClNO4S. The Morgan fingerprint density at radius 1 is 1.00 bits per heavy atom. The molecule has 0 fully saturated rings. The lowest BCUT2D eigenvalue weighted by Crippen LogP contribution is -2.36. The number of hydrogen-bond donors (Lipinski definition) is 0. The van der Waals surface area contributed by atoms with Crippen LogP contribution in [0.5, 0.6) is 11.5 Å². The molecule has 0 spiro atoms. The van der Waals surface area contributed by atoms with E-state index in [0.717, 1.165) is 23.3 Å². The number of nitrogens with zero attached hydrogens (tertiary/aromatic N) is 1. The van der Waals surface area contributed by atoms with Gasteiger partial charge in [-0.15, -0.1) is 0 Å². The van der Waals surface area contributed by atoms with Crippen molar-refractivity contribution in [3.05, 3.63) is 52.5 Å². The summed E-state index contributed by atoms with van der Waals surface area (Å²) in [4.78, 5) is 0.220. The summed E-state index contributed by atoms with van der Waals surface area (Å²) in [7, 11) is -3.58. The number of ether oxygens (including phenoxy) is 2. The van der Waals surface area contributed by atoms with Crippen molar-refractivity contribution in [1.29, 1.82) is 0 Å². The van der Waals surface area contributed by atoms with Gasteiger partial charge in [0, 0.05) is 24.5 Å². The van der Waals surface area contributed by atoms with E-state index in [0.29, 0.717) is 43.5 Å². The third-order valence-electron chi connectivity index (χ3n) is 4.48. The van der Waals surface area contributed by atoms with Crippen molar-refractivity contribution in [1.82, 2.24) is 4.31 Å². The zero-order valence-corrected chi connectivity index (χ0v) is 15.1. The van der Waals surface area contributed by atoms with Crippen LogP contribution in [0.2, 0.25) is 5.02 Å². The zero-order valence-electron chi connectivity index (χ0n) is 13.6. The topological polar surface area (TPSA) is 55.8 Å². The molecule has 0 atom stereocenters. The Bertz CT molecular complexity index is 913. The van der Waals surface area contributed by atoms with Crippen molar-refractivity contribution in [2.45, 2.75) is 24.3 Å². The van der Waals surface area contributed by atoms with Gasteiger partial charge in [-0.05, 0) is 47.9 Å². The SMILES string of the molecule is O=S(=O)(c1cccc(Cl)c1)N1CCc2cc3c(cc2C1)OCCCO3. The van der Waals surface area contributed by atoms with Gasteiger partial charge in [0.15, 0.2) is 11.5 Å². The number of halogens is 1. The molecule has 0 amide bonds. The second kappa shape index (κ2) is 6.52. The molecule has 2 heterocycles. The second-order valence-corrected chi connectivity index (χ2v) is 8.54. The Morgan fingerprint density at radius 2 is 1.72 bits per heavy atom. The highest BCUT2D eigenvalue weighted by molar-refractivity contribution is 7.89. The first kappa shape index (κ1) is 16.7. The predicted octanol–water partition coefficient (Wildman–Crippen LogP) is 3.25. The van der Waals surface area contributed by atoms with Crippen molar-refractivity contribution < 1.29 is 17.9 Å². The van der Waals surface area contributed by atoms with Crippen molar-refractivity contribution in [3.63, 3.8) is 0 Å². The molecule has 7 heteroatoms. The van der Waals surface area contributed by atoms with E-state index in [2.05, 4.69) is 0 Å². The minimum absolute atomic E-state index is 0.220. The quantitative estimate of drug-likeness (QED) is 0.803. The van der Waals surface area contributed by atoms with Crippen LogP contribution < -0.4 is 9.47 Å². The van der Waals surface area contributed by atoms with E-state index in [1.165, 1.54) is 10.4 Å². The summed E-state index contributed by atoms with van der Waals surface area (Å²) in [6, 6.07) is 10.3. The van der Waals surface area contributed by atoms with E-state index in [1.807, 2.05) is 12.1 Å². The zero-order chi connectivity index (χ0) is 17.4. The van der Waals surface area contributed by atoms with Gasteiger partial charge in [-0.25, -0.2) is 8.42 Å². The van der Waals surface area contributed by atoms with Gasteiger partial charge in [0.25, 0.3) is 0 Å². The van der Waals surface area contributed by atoms with E-state index >= 15 is 0 Å². The van der Waals surface area contributed by atoms with E-state index in [4.69, 9.17) is 21.1 Å². The summed E-state index contributed by atoms with van der Waals surface area (Å²) >= 11 is 5.95. The van der Waals surface area contributed by atoms with Crippen LogP contribution in [0.3, 0.4) is 0 Å². The van der Waals surface area contributed by atoms with E-state index < -0.39 is 10.0 Å². The average Bonchev–Trinajstić information content (AvgIpc) is 2.84. The molecule has 0 saturated heterocycles. The molecule has 132 valence electrons. The van der Waals surface area contributed by atoms with Crippen LogP contribution in [0, 0.1) is 0 Å².